The number of aryl methyl sites for hydroxylation is 1. The van der Waals surface area contributed by atoms with Crippen molar-refractivity contribution in [1.29, 1.82) is 0 Å². The Labute approximate surface area is 81.4 Å². The number of aromatic nitrogens is 3. The Kier molecular flexibility index (Phi) is 2.09. The second-order valence-electron chi connectivity index (χ2n) is 3.10. The van der Waals surface area contributed by atoms with Crippen LogP contribution in [-0.4, -0.2) is 26.8 Å². The lowest BCUT2D eigenvalue weighted by molar-refractivity contribution is 0.276. The summed E-state index contributed by atoms with van der Waals surface area (Å²) in [7, 11) is 1.81. The minimum atomic E-state index is -0.0517. The molecular formula is C9H12N4O. The van der Waals surface area contributed by atoms with E-state index in [1.807, 2.05) is 26.2 Å². The average molecular weight is 192 g/mol. The van der Waals surface area contributed by atoms with Crippen LogP contribution in [0, 0.1) is 6.92 Å². The molecule has 74 valence electrons. The van der Waals surface area contributed by atoms with Crippen LogP contribution in [0.4, 0.5) is 5.82 Å². The predicted octanol–water partition coefficient (Wildman–Crippen LogP) is 0.572. The fourth-order valence-electron chi connectivity index (χ4n) is 1.42. The van der Waals surface area contributed by atoms with Crippen LogP contribution in [0.3, 0.4) is 0 Å². The van der Waals surface area contributed by atoms with Crippen LogP contribution in [0.1, 0.15) is 11.4 Å². The molecule has 0 bridgehead atoms. The van der Waals surface area contributed by atoms with Gasteiger partial charge in [0.15, 0.2) is 5.82 Å². The van der Waals surface area contributed by atoms with Crippen LogP contribution < -0.4 is 5.32 Å². The summed E-state index contributed by atoms with van der Waals surface area (Å²) in [5, 5.41) is 16.1. The molecule has 0 radical (unpaired) electrons. The lowest BCUT2D eigenvalue weighted by Gasteiger charge is -2.02. The quantitative estimate of drug-likeness (QED) is 0.730. The highest BCUT2D eigenvalue weighted by Gasteiger charge is 2.06. The van der Waals surface area contributed by atoms with E-state index in [4.69, 9.17) is 5.11 Å². The van der Waals surface area contributed by atoms with Crippen LogP contribution >= 0.6 is 0 Å². The van der Waals surface area contributed by atoms with Gasteiger partial charge in [0, 0.05) is 7.05 Å². The van der Waals surface area contributed by atoms with Gasteiger partial charge in [-0.1, -0.05) is 0 Å². The predicted molar refractivity (Wildman–Crippen MR) is 53.2 cm³/mol. The van der Waals surface area contributed by atoms with E-state index in [-0.39, 0.29) is 6.61 Å². The zero-order valence-electron chi connectivity index (χ0n) is 8.15. The third-order valence-electron chi connectivity index (χ3n) is 2.03. The van der Waals surface area contributed by atoms with E-state index in [1.165, 1.54) is 0 Å². The molecule has 0 aliphatic rings. The van der Waals surface area contributed by atoms with E-state index in [9.17, 15) is 0 Å². The zero-order valence-corrected chi connectivity index (χ0v) is 8.15. The van der Waals surface area contributed by atoms with Gasteiger partial charge in [-0.3, -0.25) is 0 Å². The number of rotatable bonds is 2. The lowest BCUT2D eigenvalue weighted by atomic mass is 10.4. The first-order chi connectivity index (χ1) is 6.74. The number of nitrogens with zero attached hydrogens (tertiary/aromatic N) is 3. The van der Waals surface area contributed by atoms with Crippen molar-refractivity contribution < 1.29 is 5.11 Å². The van der Waals surface area contributed by atoms with Gasteiger partial charge in [-0.2, -0.15) is 5.10 Å². The molecule has 0 aliphatic heterocycles. The van der Waals surface area contributed by atoms with Crippen LogP contribution in [-0.2, 0) is 6.61 Å². The van der Waals surface area contributed by atoms with E-state index < -0.39 is 0 Å². The second kappa shape index (κ2) is 3.26. The van der Waals surface area contributed by atoms with Gasteiger partial charge in [0.1, 0.15) is 5.52 Å². The number of fused-ring (bicyclic) bond motifs is 1. The minimum Gasteiger partial charge on any atom is -0.390 e. The molecule has 0 saturated heterocycles. The van der Waals surface area contributed by atoms with Crippen LogP contribution in [0.15, 0.2) is 12.3 Å². The maximum Gasteiger partial charge on any atom is 0.152 e. The first kappa shape index (κ1) is 8.96. The fraction of sp³-hybridized carbons (Fsp3) is 0.333. The molecule has 0 saturated carbocycles. The van der Waals surface area contributed by atoms with Gasteiger partial charge in [-0.25, -0.2) is 9.50 Å². The van der Waals surface area contributed by atoms with Crippen molar-refractivity contribution in [1.82, 2.24) is 14.6 Å². The Morgan fingerprint density at radius 2 is 2.36 bits per heavy atom. The summed E-state index contributed by atoms with van der Waals surface area (Å²) < 4.78 is 1.72. The Morgan fingerprint density at radius 3 is 3.00 bits per heavy atom. The Bertz CT molecular complexity index is 463. The topological polar surface area (TPSA) is 62.5 Å². The van der Waals surface area contributed by atoms with Crippen molar-refractivity contribution in [2.75, 3.05) is 12.4 Å². The third-order valence-corrected chi connectivity index (χ3v) is 2.03. The lowest BCUT2D eigenvalue weighted by Crippen LogP contribution is -1.99. The van der Waals surface area contributed by atoms with Gasteiger partial charge in [0.25, 0.3) is 0 Å². The van der Waals surface area contributed by atoms with E-state index in [1.54, 1.807) is 4.52 Å². The molecule has 2 aromatic heterocycles. The number of hydrogen-bond acceptors (Lipinski definition) is 4. The zero-order chi connectivity index (χ0) is 10.1. The van der Waals surface area contributed by atoms with Gasteiger partial charge < -0.3 is 10.4 Å². The highest BCUT2D eigenvalue weighted by Crippen LogP contribution is 2.15. The van der Waals surface area contributed by atoms with E-state index in [2.05, 4.69) is 15.4 Å². The van der Waals surface area contributed by atoms with Gasteiger partial charge in [0.2, 0.25) is 0 Å². The molecule has 0 aliphatic carbocycles. The van der Waals surface area contributed by atoms with Crippen molar-refractivity contribution in [2.45, 2.75) is 13.5 Å². The van der Waals surface area contributed by atoms with Crippen molar-refractivity contribution in [3.05, 3.63) is 23.7 Å². The normalized spacial score (nSPS) is 10.8. The first-order valence-electron chi connectivity index (χ1n) is 4.39. The summed E-state index contributed by atoms with van der Waals surface area (Å²) in [4.78, 5) is 4.31. The molecule has 2 heterocycles. The smallest absolute Gasteiger partial charge is 0.152 e. The van der Waals surface area contributed by atoms with Crippen LogP contribution in [0.2, 0.25) is 0 Å². The minimum absolute atomic E-state index is 0.0517. The van der Waals surface area contributed by atoms with Crippen molar-refractivity contribution in [3.63, 3.8) is 0 Å². The molecule has 2 N–H and O–H groups in total. The molecule has 14 heavy (non-hydrogen) atoms. The number of anilines is 1. The Balaban J connectivity index is 2.71. The summed E-state index contributed by atoms with van der Waals surface area (Å²) >= 11 is 0. The number of nitrogens with one attached hydrogen (secondary N) is 1. The van der Waals surface area contributed by atoms with Crippen molar-refractivity contribution in [3.8, 4) is 0 Å². The molecule has 2 rings (SSSR count). The van der Waals surface area contributed by atoms with Crippen molar-refractivity contribution >= 4 is 11.3 Å². The van der Waals surface area contributed by atoms with E-state index >= 15 is 0 Å². The SMILES string of the molecule is CNc1nc(C)cn2nc(CO)cc12. The average Bonchev–Trinajstić information content (AvgIpc) is 2.59. The molecule has 0 unspecified atom stereocenters. The second-order valence-corrected chi connectivity index (χ2v) is 3.10. The van der Waals surface area contributed by atoms with Gasteiger partial charge in [-0.05, 0) is 13.0 Å². The van der Waals surface area contributed by atoms with Crippen molar-refractivity contribution in [2.24, 2.45) is 0 Å². The number of hydrogen-bond donors (Lipinski definition) is 2. The summed E-state index contributed by atoms with van der Waals surface area (Å²) in [5.41, 5.74) is 2.41. The third kappa shape index (κ3) is 1.31. The highest BCUT2D eigenvalue weighted by atomic mass is 16.3. The summed E-state index contributed by atoms with van der Waals surface area (Å²) in [5.74, 6) is 0.775. The van der Waals surface area contributed by atoms with E-state index in [0.29, 0.717) is 5.69 Å². The summed E-state index contributed by atoms with van der Waals surface area (Å²) in [6.45, 7) is 1.85. The number of aliphatic hydroxyl groups is 1. The molecule has 0 atom stereocenters. The van der Waals surface area contributed by atoms with Crippen LogP contribution in [0.5, 0.6) is 0 Å². The van der Waals surface area contributed by atoms with Crippen LogP contribution in [0.25, 0.3) is 5.52 Å². The molecule has 5 heteroatoms. The number of aliphatic hydroxyl groups excluding tert-OH is 1. The van der Waals surface area contributed by atoms with Gasteiger partial charge >= 0.3 is 0 Å². The summed E-state index contributed by atoms with van der Waals surface area (Å²) in [6, 6.07) is 1.82. The molecule has 0 aromatic carbocycles. The van der Waals surface area contributed by atoms with E-state index in [0.717, 1.165) is 17.0 Å². The fourth-order valence-corrected chi connectivity index (χ4v) is 1.42. The van der Waals surface area contributed by atoms with Gasteiger partial charge in [-0.15, -0.1) is 0 Å². The molecule has 0 spiro atoms. The highest BCUT2D eigenvalue weighted by molar-refractivity contribution is 5.67. The standard InChI is InChI=1S/C9H12N4O/c1-6-4-13-8(9(10-2)11-6)3-7(5-14)12-13/h3-4,14H,5H2,1-2H3,(H,10,11). The summed E-state index contributed by atoms with van der Waals surface area (Å²) in [6.07, 6.45) is 1.83. The maximum absolute atomic E-state index is 8.95. The molecule has 5 nitrogen and oxygen atoms in total. The monoisotopic (exact) mass is 192 g/mol. The molecule has 2 aromatic rings. The molecule has 0 fully saturated rings. The largest absolute Gasteiger partial charge is 0.390 e. The Morgan fingerprint density at radius 1 is 1.57 bits per heavy atom. The maximum atomic E-state index is 8.95. The molecule has 0 amide bonds. The van der Waals surface area contributed by atoms with Gasteiger partial charge in [0.05, 0.1) is 24.2 Å². The first-order valence-corrected chi connectivity index (χ1v) is 4.39. The molecular weight excluding hydrogens is 180 g/mol. The Hall–Kier alpha value is -1.62.